The van der Waals surface area contributed by atoms with Gasteiger partial charge in [-0.15, -0.1) is 0 Å². The van der Waals surface area contributed by atoms with Gasteiger partial charge in [-0.25, -0.2) is 4.79 Å². The summed E-state index contributed by atoms with van der Waals surface area (Å²) in [4.78, 5) is 22.9. The molecule has 0 saturated heterocycles. The van der Waals surface area contributed by atoms with Crippen molar-refractivity contribution in [2.45, 2.75) is 39.2 Å². The Kier molecular flexibility index (Phi) is 5.30. The molecule has 0 aromatic heterocycles. The number of carbonyl (C=O) groups is 2. The Morgan fingerprint density at radius 2 is 1.67 bits per heavy atom. The number of rotatable bonds is 4. The van der Waals surface area contributed by atoms with Gasteiger partial charge in [-0.3, -0.25) is 4.79 Å². The zero-order valence-corrected chi connectivity index (χ0v) is 13.2. The van der Waals surface area contributed by atoms with Crippen molar-refractivity contribution in [1.29, 1.82) is 0 Å². The molecule has 0 saturated carbocycles. The summed E-state index contributed by atoms with van der Waals surface area (Å²) in [5.41, 5.74) is 1.95. The maximum atomic E-state index is 11.6. The fraction of sp³-hybridized carbons (Fsp3) is 0.412. The van der Waals surface area contributed by atoms with Crippen LogP contribution in [0.15, 0.2) is 36.4 Å². The third-order valence-corrected chi connectivity index (χ3v) is 3.13. The van der Waals surface area contributed by atoms with Gasteiger partial charge in [0, 0.05) is 6.92 Å². The van der Waals surface area contributed by atoms with Gasteiger partial charge in [0.2, 0.25) is 0 Å². The second-order valence-electron chi connectivity index (χ2n) is 5.88. The summed E-state index contributed by atoms with van der Waals surface area (Å²) in [6.45, 7) is 11.3. The molecule has 0 spiro atoms. The van der Waals surface area contributed by atoms with Gasteiger partial charge in [0.25, 0.3) is 0 Å². The number of ether oxygens (including phenoxy) is 2. The first kappa shape index (κ1) is 17.0. The minimum atomic E-state index is -0.830. The summed E-state index contributed by atoms with van der Waals surface area (Å²) in [5, 5.41) is 0. The van der Waals surface area contributed by atoms with Crippen LogP contribution in [0.2, 0.25) is 0 Å². The van der Waals surface area contributed by atoms with Crippen molar-refractivity contribution in [2.75, 3.05) is 7.11 Å². The fourth-order valence-corrected chi connectivity index (χ4v) is 1.90. The molecule has 21 heavy (non-hydrogen) atoms. The highest BCUT2D eigenvalue weighted by Gasteiger charge is 2.25. The fourth-order valence-electron chi connectivity index (χ4n) is 1.90. The maximum absolute atomic E-state index is 11.6. The molecule has 0 aliphatic carbocycles. The SMILES string of the molecule is C=C(C(=O)OC)C(OC(C)=O)c1ccc(C(C)(C)C)cc1. The number of esters is 2. The summed E-state index contributed by atoms with van der Waals surface area (Å²) in [6.07, 6.45) is -0.830. The van der Waals surface area contributed by atoms with Crippen LogP contribution in [-0.2, 0) is 24.5 Å². The predicted molar refractivity (Wildman–Crippen MR) is 80.8 cm³/mol. The van der Waals surface area contributed by atoms with Gasteiger partial charge in [0.15, 0.2) is 6.10 Å². The minimum absolute atomic E-state index is 0.0226. The van der Waals surface area contributed by atoms with Crippen LogP contribution in [0, 0.1) is 0 Å². The average Bonchev–Trinajstić information content (AvgIpc) is 2.42. The van der Waals surface area contributed by atoms with Gasteiger partial charge in [-0.05, 0) is 16.5 Å². The Hall–Kier alpha value is -2.10. The summed E-state index contributed by atoms with van der Waals surface area (Å²) in [6, 6.07) is 7.58. The average molecular weight is 290 g/mol. The Bertz CT molecular complexity index is 535. The van der Waals surface area contributed by atoms with Gasteiger partial charge in [-0.2, -0.15) is 0 Å². The maximum Gasteiger partial charge on any atom is 0.337 e. The highest BCUT2D eigenvalue weighted by atomic mass is 16.6. The number of hydrogen-bond donors (Lipinski definition) is 0. The molecule has 0 fully saturated rings. The first-order valence-corrected chi connectivity index (χ1v) is 6.71. The summed E-state index contributed by atoms with van der Waals surface area (Å²) < 4.78 is 9.85. The van der Waals surface area contributed by atoms with Gasteiger partial charge in [0.05, 0.1) is 12.7 Å². The van der Waals surface area contributed by atoms with E-state index < -0.39 is 18.0 Å². The molecular formula is C17H22O4. The molecule has 1 aromatic carbocycles. The molecule has 0 N–H and O–H groups in total. The molecule has 0 amide bonds. The summed E-state index contributed by atoms with van der Waals surface area (Å²) >= 11 is 0. The van der Waals surface area contributed by atoms with Crippen LogP contribution in [0.4, 0.5) is 0 Å². The molecule has 1 rings (SSSR count). The first-order chi connectivity index (χ1) is 9.66. The number of benzene rings is 1. The monoisotopic (exact) mass is 290 g/mol. The lowest BCUT2D eigenvalue weighted by atomic mass is 9.86. The van der Waals surface area contributed by atoms with Crippen molar-refractivity contribution >= 4 is 11.9 Å². The molecule has 0 radical (unpaired) electrons. The molecule has 0 bridgehead atoms. The van der Waals surface area contributed by atoms with Crippen LogP contribution in [-0.4, -0.2) is 19.0 Å². The molecule has 1 aromatic rings. The van der Waals surface area contributed by atoms with E-state index in [1.54, 1.807) is 0 Å². The van der Waals surface area contributed by atoms with E-state index in [2.05, 4.69) is 32.1 Å². The first-order valence-electron chi connectivity index (χ1n) is 6.71. The van der Waals surface area contributed by atoms with Gasteiger partial charge in [0.1, 0.15) is 0 Å². The summed E-state index contributed by atoms with van der Waals surface area (Å²) in [7, 11) is 1.26. The van der Waals surface area contributed by atoms with Crippen LogP contribution in [0.25, 0.3) is 0 Å². The smallest absolute Gasteiger partial charge is 0.337 e. The molecule has 4 heteroatoms. The highest BCUT2D eigenvalue weighted by Crippen LogP contribution is 2.29. The number of methoxy groups -OCH3 is 1. The molecule has 0 aliphatic rings. The van der Waals surface area contributed by atoms with Crippen molar-refractivity contribution in [3.63, 3.8) is 0 Å². The van der Waals surface area contributed by atoms with Crippen LogP contribution in [0.3, 0.4) is 0 Å². The van der Waals surface area contributed by atoms with Crippen LogP contribution >= 0.6 is 0 Å². The Balaban J connectivity index is 3.12. The molecule has 114 valence electrons. The molecular weight excluding hydrogens is 268 g/mol. The Morgan fingerprint density at radius 3 is 2.05 bits per heavy atom. The van der Waals surface area contributed by atoms with E-state index in [1.807, 2.05) is 24.3 Å². The zero-order valence-electron chi connectivity index (χ0n) is 13.2. The second-order valence-corrected chi connectivity index (χ2v) is 5.88. The topological polar surface area (TPSA) is 52.6 Å². The minimum Gasteiger partial charge on any atom is -0.466 e. The standard InChI is InChI=1S/C17H22O4/c1-11(16(19)20-6)15(21-12(2)18)13-7-9-14(10-8-13)17(3,4)5/h7-10,15H,1H2,2-6H3. The van der Waals surface area contributed by atoms with Crippen molar-refractivity contribution in [3.8, 4) is 0 Å². The zero-order chi connectivity index (χ0) is 16.2. The summed E-state index contributed by atoms with van der Waals surface area (Å²) in [5.74, 6) is -1.08. The van der Waals surface area contributed by atoms with E-state index in [0.717, 1.165) is 5.56 Å². The predicted octanol–water partition coefficient (Wildman–Crippen LogP) is 3.32. The van der Waals surface area contributed by atoms with Crippen LogP contribution < -0.4 is 0 Å². The van der Waals surface area contributed by atoms with Gasteiger partial charge < -0.3 is 9.47 Å². The Morgan fingerprint density at radius 1 is 1.14 bits per heavy atom. The molecule has 0 heterocycles. The lowest BCUT2D eigenvalue weighted by molar-refractivity contribution is -0.147. The van der Waals surface area contributed by atoms with Crippen molar-refractivity contribution < 1.29 is 19.1 Å². The van der Waals surface area contributed by atoms with Crippen molar-refractivity contribution in [1.82, 2.24) is 0 Å². The normalized spacial score (nSPS) is 12.4. The van der Waals surface area contributed by atoms with E-state index >= 15 is 0 Å². The van der Waals surface area contributed by atoms with Crippen LogP contribution in [0.5, 0.6) is 0 Å². The van der Waals surface area contributed by atoms with E-state index in [0.29, 0.717) is 5.56 Å². The Labute approximate surface area is 125 Å². The van der Waals surface area contributed by atoms with Gasteiger partial charge in [-0.1, -0.05) is 51.6 Å². The van der Waals surface area contributed by atoms with Gasteiger partial charge >= 0.3 is 11.9 Å². The number of hydrogen-bond acceptors (Lipinski definition) is 4. The third-order valence-electron chi connectivity index (χ3n) is 3.13. The quantitative estimate of drug-likeness (QED) is 0.630. The third kappa shape index (κ3) is 4.45. The molecule has 1 unspecified atom stereocenters. The lowest BCUT2D eigenvalue weighted by Gasteiger charge is -2.22. The van der Waals surface area contributed by atoms with Crippen molar-refractivity contribution in [2.24, 2.45) is 0 Å². The van der Waals surface area contributed by atoms with E-state index in [1.165, 1.54) is 14.0 Å². The van der Waals surface area contributed by atoms with E-state index in [9.17, 15) is 9.59 Å². The lowest BCUT2D eigenvalue weighted by Crippen LogP contribution is -2.18. The largest absolute Gasteiger partial charge is 0.466 e. The molecule has 4 nitrogen and oxygen atoms in total. The van der Waals surface area contributed by atoms with Crippen LogP contribution in [0.1, 0.15) is 44.9 Å². The highest BCUT2D eigenvalue weighted by molar-refractivity contribution is 5.89. The van der Waals surface area contributed by atoms with E-state index in [4.69, 9.17) is 4.74 Å². The van der Waals surface area contributed by atoms with E-state index in [-0.39, 0.29) is 11.0 Å². The number of carbonyl (C=O) groups excluding carboxylic acids is 2. The second kappa shape index (κ2) is 6.57. The van der Waals surface area contributed by atoms with Crippen molar-refractivity contribution in [3.05, 3.63) is 47.5 Å². The molecule has 0 aliphatic heterocycles. The molecule has 1 atom stereocenters.